The molecule has 0 atom stereocenters. The van der Waals surface area contributed by atoms with Crippen molar-refractivity contribution in [2.75, 3.05) is 34.3 Å². The Morgan fingerprint density at radius 1 is 1.00 bits per heavy atom. The number of quaternary nitrogens is 1. The summed E-state index contributed by atoms with van der Waals surface area (Å²) >= 11 is 0. The van der Waals surface area contributed by atoms with Gasteiger partial charge in [-0.05, 0) is 0 Å². The van der Waals surface area contributed by atoms with Crippen LogP contribution in [0.1, 0.15) is 39.5 Å². The predicted molar refractivity (Wildman–Crippen MR) is 77.0 cm³/mol. The Morgan fingerprint density at radius 2 is 1.44 bits per heavy atom. The summed E-state index contributed by atoms with van der Waals surface area (Å²) in [7, 11) is 4.27. The number of hydrogen-bond donors (Lipinski definition) is 0. The molecule has 4 nitrogen and oxygen atoms in total. The van der Waals surface area contributed by atoms with Crippen LogP contribution in [-0.2, 0) is 14.1 Å². The molecular weight excluding hydrogens is 249 g/mol. The van der Waals surface area contributed by atoms with Crippen molar-refractivity contribution in [3.63, 3.8) is 0 Å². The Kier molecular flexibility index (Phi) is 8.58. The molecule has 0 unspecified atom stereocenters. The molecule has 0 saturated carbocycles. The number of rotatable bonds is 10. The van der Waals surface area contributed by atoms with E-state index in [9.17, 15) is 9.59 Å². The van der Waals surface area contributed by atoms with Crippen LogP contribution in [0.3, 0.4) is 0 Å². The van der Waals surface area contributed by atoms with Gasteiger partial charge in [-0.15, -0.1) is 0 Å². The first-order valence-electron chi connectivity index (χ1n) is 6.68. The van der Waals surface area contributed by atoms with E-state index in [1.807, 2.05) is 13.8 Å². The molecule has 18 heavy (non-hydrogen) atoms. The third kappa shape index (κ3) is 7.91. The minimum absolute atomic E-state index is 0.0300. The van der Waals surface area contributed by atoms with Gasteiger partial charge in [-0.25, -0.2) is 0 Å². The summed E-state index contributed by atoms with van der Waals surface area (Å²) in [6, 6.07) is 0. The second-order valence-corrected chi connectivity index (χ2v) is 7.60. The fourth-order valence-corrected chi connectivity index (χ4v) is 3.30. The molecule has 0 radical (unpaired) electrons. The summed E-state index contributed by atoms with van der Waals surface area (Å²) in [5, 5.41) is 0. The molecule has 0 aliphatic heterocycles. The van der Waals surface area contributed by atoms with Crippen molar-refractivity contribution < 1.29 is 18.6 Å². The van der Waals surface area contributed by atoms with Crippen molar-refractivity contribution in [3.8, 4) is 0 Å². The van der Waals surface area contributed by atoms with E-state index in [0.29, 0.717) is 19.4 Å². The second kappa shape index (κ2) is 8.73. The molecule has 0 aliphatic carbocycles. The molecular formula is C13H28NO3P. The van der Waals surface area contributed by atoms with E-state index in [2.05, 4.69) is 21.1 Å². The monoisotopic (exact) mass is 277 g/mol. The van der Waals surface area contributed by atoms with Crippen LogP contribution in [-0.4, -0.2) is 49.8 Å². The molecule has 0 aliphatic rings. The van der Waals surface area contributed by atoms with Crippen molar-refractivity contribution in [1.29, 1.82) is 0 Å². The molecule has 0 aromatic carbocycles. The zero-order chi connectivity index (χ0) is 14.2. The third-order valence-electron chi connectivity index (χ3n) is 2.47. The van der Waals surface area contributed by atoms with Gasteiger partial charge in [-0.3, -0.25) is 0 Å². The number of carbonyl (C=O) groups excluding carboxylic acids is 2. The first-order chi connectivity index (χ1) is 8.31. The third-order valence-corrected chi connectivity index (χ3v) is 4.47. The van der Waals surface area contributed by atoms with Crippen molar-refractivity contribution in [3.05, 3.63) is 0 Å². The van der Waals surface area contributed by atoms with Gasteiger partial charge in [0.25, 0.3) is 0 Å². The summed E-state index contributed by atoms with van der Waals surface area (Å²) in [4.78, 5) is 23.8. The van der Waals surface area contributed by atoms with E-state index < -0.39 is 8.15 Å². The van der Waals surface area contributed by atoms with Crippen molar-refractivity contribution >= 4 is 19.2 Å². The fourth-order valence-electron chi connectivity index (χ4n) is 1.42. The van der Waals surface area contributed by atoms with Crippen LogP contribution in [0.15, 0.2) is 0 Å². The van der Waals surface area contributed by atoms with E-state index in [1.54, 1.807) is 0 Å². The zero-order valence-electron chi connectivity index (χ0n) is 12.4. The van der Waals surface area contributed by atoms with Gasteiger partial charge in [-0.2, -0.15) is 0 Å². The number of hydrogen-bond acceptors (Lipinski definition) is 3. The van der Waals surface area contributed by atoms with E-state index in [0.717, 1.165) is 23.9 Å². The quantitative estimate of drug-likeness (QED) is 0.455. The summed E-state index contributed by atoms with van der Waals surface area (Å²) in [5.41, 5.74) is 0.0599. The van der Waals surface area contributed by atoms with Gasteiger partial charge in [0, 0.05) is 0 Å². The van der Waals surface area contributed by atoms with Gasteiger partial charge >= 0.3 is 112 Å². The molecule has 0 aromatic heterocycles. The molecule has 0 rings (SSSR count). The van der Waals surface area contributed by atoms with Crippen LogP contribution in [0.5, 0.6) is 0 Å². The molecule has 0 fully saturated rings. The van der Waals surface area contributed by atoms with Crippen molar-refractivity contribution in [2.24, 2.45) is 0 Å². The number of likely N-dealkylation sites (N-methyl/N-ethyl adjacent to an activating group) is 1. The van der Waals surface area contributed by atoms with Crippen LogP contribution < -0.4 is 0 Å². The van der Waals surface area contributed by atoms with Gasteiger partial charge in [0.1, 0.15) is 0 Å². The van der Waals surface area contributed by atoms with Gasteiger partial charge in [0.05, 0.1) is 0 Å². The molecule has 5 heteroatoms. The van der Waals surface area contributed by atoms with Crippen LogP contribution in [0, 0.1) is 0 Å². The minimum atomic E-state index is -1.94. The Morgan fingerprint density at radius 3 is 1.78 bits per heavy atom. The molecule has 0 heterocycles. The SMILES string of the molecule is CCCC(=O)[PH-](OCC[N+](C)(C)C)C(=O)CCC. The topological polar surface area (TPSA) is 43.4 Å². The van der Waals surface area contributed by atoms with E-state index in [-0.39, 0.29) is 11.0 Å². The molecule has 0 aromatic rings. The number of carbonyl (C=O) groups is 2. The first-order valence-corrected chi connectivity index (χ1v) is 8.09. The van der Waals surface area contributed by atoms with E-state index in [4.69, 9.17) is 4.52 Å². The molecule has 0 bridgehead atoms. The van der Waals surface area contributed by atoms with Gasteiger partial charge < -0.3 is 0 Å². The Labute approximate surface area is 112 Å². The van der Waals surface area contributed by atoms with Crippen molar-refractivity contribution in [2.45, 2.75) is 39.5 Å². The van der Waals surface area contributed by atoms with Gasteiger partial charge in [0.2, 0.25) is 0 Å². The van der Waals surface area contributed by atoms with Crippen LogP contribution in [0.25, 0.3) is 0 Å². The molecule has 0 N–H and O–H groups in total. The average molecular weight is 277 g/mol. The zero-order valence-corrected chi connectivity index (χ0v) is 13.4. The summed E-state index contributed by atoms with van der Waals surface area (Å²) in [6.07, 6.45) is 2.50. The van der Waals surface area contributed by atoms with Crippen LogP contribution >= 0.6 is 8.15 Å². The number of nitrogens with zero attached hydrogens (tertiary/aromatic N) is 1. The fraction of sp³-hybridized carbons (Fsp3) is 0.846. The molecule has 0 amide bonds. The molecule has 108 valence electrons. The Balaban J connectivity index is 4.38. The molecule has 0 saturated heterocycles. The Hall–Kier alpha value is -0.310. The first kappa shape index (κ1) is 17.7. The van der Waals surface area contributed by atoms with E-state index >= 15 is 0 Å². The van der Waals surface area contributed by atoms with Gasteiger partial charge in [-0.1, -0.05) is 0 Å². The predicted octanol–water partition coefficient (Wildman–Crippen LogP) is 2.49. The summed E-state index contributed by atoms with van der Waals surface area (Å²) in [6.45, 7) is 5.21. The maximum atomic E-state index is 11.9. The molecule has 0 spiro atoms. The Bertz CT molecular complexity index is 256. The normalized spacial score (nSPS) is 12.4. The van der Waals surface area contributed by atoms with E-state index in [1.165, 1.54) is 0 Å². The van der Waals surface area contributed by atoms with Gasteiger partial charge in [0.15, 0.2) is 0 Å². The summed E-state index contributed by atoms with van der Waals surface area (Å²) < 4.78 is 6.41. The average Bonchev–Trinajstić information content (AvgIpc) is 2.23. The van der Waals surface area contributed by atoms with Crippen molar-refractivity contribution in [1.82, 2.24) is 0 Å². The maximum absolute atomic E-state index is 11.9. The van der Waals surface area contributed by atoms with Crippen LogP contribution in [0.4, 0.5) is 0 Å². The summed E-state index contributed by atoms with van der Waals surface area (Å²) in [5.74, 6) is 0. The second-order valence-electron chi connectivity index (χ2n) is 5.54. The standard InChI is InChI=1S/C13H28NO3P/c1-6-8-12(15)18(13(16)9-7-2)17-11-10-14(3,4)5/h18H,6-11H2,1-5H3. The van der Waals surface area contributed by atoms with Crippen LogP contribution in [0.2, 0.25) is 0 Å².